The van der Waals surface area contributed by atoms with E-state index in [-0.39, 0.29) is 29.9 Å². The third-order valence-electron chi connectivity index (χ3n) is 5.32. The first-order valence-corrected chi connectivity index (χ1v) is 10.3. The summed E-state index contributed by atoms with van der Waals surface area (Å²) in [6.07, 6.45) is 0.417. The van der Waals surface area contributed by atoms with E-state index in [0.717, 1.165) is 43.4 Å². The van der Waals surface area contributed by atoms with E-state index in [2.05, 4.69) is 20.1 Å². The Labute approximate surface area is 201 Å². The normalized spacial score (nSPS) is 14.1. The van der Waals surface area contributed by atoms with E-state index >= 15 is 0 Å². The van der Waals surface area contributed by atoms with Crippen LogP contribution in [0, 0.1) is 0 Å². The number of guanidine groups is 1. The molecule has 0 aromatic heterocycles. The summed E-state index contributed by atoms with van der Waals surface area (Å²) in [6, 6.07) is 17.4. The Balaban J connectivity index is 0.00000341. The summed E-state index contributed by atoms with van der Waals surface area (Å²) >= 11 is 0. The lowest BCUT2D eigenvalue weighted by Crippen LogP contribution is -2.52. The van der Waals surface area contributed by atoms with Gasteiger partial charge >= 0.3 is 0 Å². The Morgan fingerprint density at radius 1 is 1.06 bits per heavy atom. The Bertz CT molecular complexity index is 854. The SMILES string of the molecule is CN=C(NCCC(=O)N(C)Cc1ccccc1)N1CCN(c2ccccc2O)CC1.I. The van der Waals surface area contributed by atoms with Crippen molar-refractivity contribution in [1.82, 2.24) is 15.1 Å². The number of anilines is 1. The average Bonchev–Trinajstić information content (AvgIpc) is 2.78. The van der Waals surface area contributed by atoms with E-state index in [9.17, 15) is 9.90 Å². The second kappa shape index (κ2) is 12.4. The predicted octanol–water partition coefficient (Wildman–Crippen LogP) is 2.76. The summed E-state index contributed by atoms with van der Waals surface area (Å²) in [5.41, 5.74) is 1.99. The topological polar surface area (TPSA) is 71.4 Å². The molecule has 0 saturated carbocycles. The van der Waals surface area contributed by atoms with Gasteiger partial charge in [-0.3, -0.25) is 9.79 Å². The largest absolute Gasteiger partial charge is 0.506 e. The molecule has 0 spiro atoms. The average molecular weight is 537 g/mol. The highest BCUT2D eigenvalue weighted by molar-refractivity contribution is 14.0. The number of aromatic hydroxyl groups is 1. The molecule has 7 nitrogen and oxygen atoms in total. The van der Waals surface area contributed by atoms with Gasteiger partial charge in [-0.15, -0.1) is 24.0 Å². The molecule has 0 bridgehead atoms. The zero-order chi connectivity index (χ0) is 21.3. The Morgan fingerprint density at radius 3 is 2.35 bits per heavy atom. The summed E-state index contributed by atoms with van der Waals surface area (Å²) < 4.78 is 0. The summed E-state index contributed by atoms with van der Waals surface area (Å²) in [4.78, 5) is 22.9. The number of aliphatic imine (C=N–C) groups is 1. The van der Waals surface area contributed by atoms with E-state index in [4.69, 9.17) is 0 Å². The first-order valence-electron chi connectivity index (χ1n) is 10.3. The van der Waals surface area contributed by atoms with E-state index in [1.165, 1.54) is 0 Å². The predicted molar refractivity (Wildman–Crippen MR) is 136 cm³/mol. The van der Waals surface area contributed by atoms with Crippen molar-refractivity contribution in [1.29, 1.82) is 0 Å². The third-order valence-corrected chi connectivity index (χ3v) is 5.32. The third kappa shape index (κ3) is 7.02. The Hall–Kier alpha value is -2.49. The molecule has 1 aliphatic rings. The van der Waals surface area contributed by atoms with Crippen molar-refractivity contribution in [3.8, 4) is 5.75 Å². The summed E-state index contributed by atoms with van der Waals surface area (Å²) in [5, 5.41) is 13.4. The standard InChI is InChI=1S/C23H31N5O2.HI/c1-24-23(25-13-12-22(30)26(2)18-19-8-4-3-5-9-19)28-16-14-27(15-17-28)20-10-6-7-11-21(20)29;/h3-11,29H,12-18H2,1-2H3,(H,24,25);1H. The van der Waals surface area contributed by atoms with E-state index in [1.807, 2.05) is 55.6 Å². The number of carbonyl (C=O) groups excluding carboxylic acids is 1. The molecule has 168 valence electrons. The molecule has 0 aliphatic carbocycles. The van der Waals surface area contributed by atoms with Crippen LogP contribution in [-0.2, 0) is 11.3 Å². The van der Waals surface area contributed by atoms with Gasteiger partial charge in [-0.1, -0.05) is 42.5 Å². The molecule has 2 N–H and O–H groups in total. The van der Waals surface area contributed by atoms with Gasteiger partial charge in [-0.25, -0.2) is 0 Å². The van der Waals surface area contributed by atoms with E-state index < -0.39 is 0 Å². The zero-order valence-corrected chi connectivity index (χ0v) is 20.5. The van der Waals surface area contributed by atoms with Crippen LogP contribution in [0.5, 0.6) is 5.75 Å². The minimum atomic E-state index is 0. The fraction of sp³-hybridized carbons (Fsp3) is 0.391. The number of hydrogen-bond acceptors (Lipinski definition) is 4. The molecule has 8 heteroatoms. The smallest absolute Gasteiger partial charge is 0.224 e. The quantitative estimate of drug-likeness (QED) is 0.337. The van der Waals surface area contributed by atoms with Crippen LogP contribution in [0.15, 0.2) is 59.6 Å². The van der Waals surface area contributed by atoms with Crippen LogP contribution in [0.2, 0.25) is 0 Å². The molecular weight excluding hydrogens is 505 g/mol. The van der Waals surface area contributed by atoms with Crippen LogP contribution in [-0.4, -0.2) is 73.6 Å². The summed E-state index contributed by atoms with van der Waals surface area (Å²) in [7, 11) is 3.60. The highest BCUT2D eigenvalue weighted by Gasteiger charge is 2.21. The molecule has 1 aliphatic heterocycles. The monoisotopic (exact) mass is 537 g/mol. The van der Waals surface area contributed by atoms with Crippen molar-refractivity contribution < 1.29 is 9.90 Å². The summed E-state index contributed by atoms with van der Waals surface area (Å²) in [6.45, 7) is 4.37. The zero-order valence-electron chi connectivity index (χ0n) is 18.2. The fourth-order valence-corrected chi connectivity index (χ4v) is 3.64. The van der Waals surface area contributed by atoms with Gasteiger partial charge in [-0.05, 0) is 17.7 Å². The minimum absolute atomic E-state index is 0. The molecule has 1 fully saturated rings. The van der Waals surface area contributed by atoms with Crippen LogP contribution in [0.25, 0.3) is 0 Å². The maximum atomic E-state index is 12.4. The van der Waals surface area contributed by atoms with Gasteiger partial charge in [-0.2, -0.15) is 0 Å². The molecular formula is C23H32IN5O2. The maximum Gasteiger partial charge on any atom is 0.224 e. The number of hydrogen-bond donors (Lipinski definition) is 2. The Morgan fingerprint density at radius 2 is 1.71 bits per heavy atom. The minimum Gasteiger partial charge on any atom is -0.506 e. The van der Waals surface area contributed by atoms with Crippen molar-refractivity contribution in [2.75, 3.05) is 51.7 Å². The lowest BCUT2D eigenvalue weighted by atomic mass is 10.2. The Kier molecular flexibility index (Phi) is 9.90. The lowest BCUT2D eigenvalue weighted by molar-refractivity contribution is -0.130. The molecule has 1 saturated heterocycles. The number of rotatable bonds is 6. The molecule has 1 amide bonds. The number of nitrogens with zero attached hydrogens (tertiary/aromatic N) is 4. The number of phenols is 1. The molecule has 2 aromatic rings. The first-order chi connectivity index (χ1) is 14.6. The number of para-hydroxylation sites is 2. The highest BCUT2D eigenvalue weighted by Crippen LogP contribution is 2.27. The number of phenolic OH excluding ortho intramolecular Hbond substituents is 1. The van der Waals surface area contributed by atoms with Crippen LogP contribution >= 0.6 is 24.0 Å². The van der Waals surface area contributed by atoms with Crippen molar-refractivity contribution in [3.63, 3.8) is 0 Å². The van der Waals surface area contributed by atoms with Crippen LogP contribution < -0.4 is 10.2 Å². The molecule has 3 rings (SSSR count). The molecule has 0 unspecified atom stereocenters. The molecule has 1 heterocycles. The van der Waals surface area contributed by atoms with Crippen molar-refractivity contribution in [3.05, 3.63) is 60.2 Å². The lowest BCUT2D eigenvalue weighted by Gasteiger charge is -2.37. The number of halogens is 1. The molecule has 0 atom stereocenters. The van der Waals surface area contributed by atoms with Gasteiger partial charge in [0.2, 0.25) is 5.91 Å². The van der Waals surface area contributed by atoms with Crippen molar-refractivity contribution in [2.24, 2.45) is 4.99 Å². The molecule has 31 heavy (non-hydrogen) atoms. The number of amides is 1. The van der Waals surface area contributed by atoms with Gasteiger partial charge in [0, 0.05) is 59.8 Å². The van der Waals surface area contributed by atoms with Gasteiger partial charge in [0.15, 0.2) is 5.96 Å². The maximum absolute atomic E-state index is 12.4. The second-order valence-corrected chi connectivity index (χ2v) is 7.42. The second-order valence-electron chi connectivity index (χ2n) is 7.42. The molecule has 2 aromatic carbocycles. The highest BCUT2D eigenvalue weighted by atomic mass is 127. The van der Waals surface area contributed by atoms with Gasteiger partial charge in [0.05, 0.1) is 5.69 Å². The molecule has 0 radical (unpaired) electrons. The fourth-order valence-electron chi connectivity index (χ4n) is 3.64. The summed E-state index contributed by atoms with van der Waals surface area (Å²) in [5.74, 6) is 1.23. The number of piperazine rings is 1. The number of nitrogens with one attached hydrogen (secondary N) is 1. The van der Waals surface area contributed by atoms with Crippen molar-refractivity contribution >= 4 is 41.5 Å². The van der Waals surface area contributed by atoms with Crippen molar-refractivity contribution in [2.45, 2.75) is 13.0 Å². The van der Waals surface area contributed by atoms with Gasteiger partial charge in [0.1, 0.15) is 5.75 Å². The van der Waals surface area contributed by atoms with E-state index in [0.29, 0.717) is 25.3 Å². The van der Waals surface area contributed by atoms with Crippen LogP contribution in [0.3, 0.4) is 0 Å². The van der Waals surface area contributed by atoms with Crippen LogP contribution in [0.4, 0.5) is 5.69 Å². The number of carbonyl (C=O) groups is 1. The van der Waals surface area contributed by atoms with Gasteiger partial charge in [0.25, 0.3) is 0 Å². The first kappa shape index (κ1) is 24.8. The number of benzene rings is 2. The van der Waals surface area contributed by atoms with Crippen LogP contribution in [0.1, 0.15) is 12.0 Å². The van der Waals surface area contributed by atoms with Gasteiger partial charge < -0.3 is 25.1 Å². The van der Waals surface area contributed by atoms with E-state index in [1.54, 1.807) is 18.0 Å².